The summed E-state index contributed by atoms with van der Waals surface area (Å²) in [5.74, 6) is 2.32. The minimum atomic E-state index is -0.0252. The molecule has 1 aliphatic heterocycles. The average Bonchev–Trinajstić information content (AvgIpc) is 3.20. The van der Waals surface area contributed by atoms with E-state index >= 15 is 0 Å². The van der Waals surface area contributed by atoms with E-state index in [-0.39, 0.29) is 41.7 Å². The van der Waals surface area contributed by atoms with Gasteiger partial charge in [0.2, 0.25) is 0 Å². The summed E-state index contributed by atoms with van der Waals surface area (Å²) in [6, 6.07) is 9.00. The van der Waals surface area contributed by atoms with Gasteiger partial charge in [-0.2, -0.15) is 0 Å². The van der Waals surface area contributed by atoms with E-state index in [9.17, 15) is 9.59 Å². The summed E-state index contributed by atoms with van der Waals surface area (Å²) in [5, 5.41) is 4.00. The van der Waals surface area contributed by atoms with Crippen molar-refractivity contribution in [2.24, 2.45) is 35.5 Å². The van der Waals surface area contributed by atoms with Crippen molar-refractivity contribution in [1.82, 2.24) is 5.32 Å². The molecule has 1 saturated heterocycles. The van der Waals surface area contributed by atoms with Crippen molar-refractivity contribution in [1.29, 1.82) is 0 Å². The number of hydrogen-bond donors (Lipinski definition) is 1. The molecule has 1 heterocycles. The molecule has 5 fully saturated rings. The number of ketones is 2. The summed E-state index contributed by atoms with van der Waals surface area (Å²) >= 11 is 3.64. The molecule has 154 valence electrons. The second kappa shape index (κ2) is 7.02. The average molecular weight is 456 g/mol. The zero-order valence-electron chi connectivity index (χ0n) is 16.9. The zero-order valence-corrected chi connectivity index (χ0v) is 18.4. The van der Waals surface area contributed by atoms with E-state index in [2.05, 4.69) is 39.4 Å². The molecule has 4 aliphatic carbocycles. The Bertz CT molecular complexity index is 807. The van der Waals surface area contributed by atoms with E-state index in [1.54, 1.807) is 0 Å². The summed E-state index contributed by atoms with van der Waals surface area (Å²) in [5.41, 5.74) is 1.20. The lowest BCUT2D eigenvalue weighted by atomic mass is 9.67. The van der Waals surface area contributed by atoms with Crippen molar-refractivity contribution in [3.63, 3.8) is 0 Å². The molecule has 6 rings (SSSR count). The molecule has 4 heteroatoms. The van der Waals surface area contributed by atoms with Gasteiger partial charge in [-0.25, -0.2) is 0 Å². The van der Waals surface area contributed by atoms with Gasteiger partial charge in [0.1, 0.15) is 11.6 Å². The number of hydrogen-bond acceptors (Lipinski definition) is 3. The highest BCUT2D eigenvalue weighted by Gasteiger charge is 2.64. The van der Waals surface area contributed by atoms with Gasteiger partial charge in [0, 0.05) is 46.1 Å². The van der Waals surface area contributed by atoms with Gasteiger partial charge in [-0.1, -0.05) is 53.7 Å². The Morgan fingerprint density at radius 3 is 1.86 bits per heavy atom. The Morgan fingerprint density at radius 1 is 0.759 bits per heavy atom. The van der Waals surface area contributed by atoms with E-state index in [1.165, 1.54) is 44.1 Å². The third-order valence-corrected chi connectivity index (χ3v) is 9.61. The quantitative estimate of drug-likeness (QED) is 0.655. The number of halogens is 1. The van der Waals surface area contributed by atoms with Gasteiger partial charge in [-0.05, 0) is 55.2 Å². The fraction of sp³-hybridized carbons (Fsp3) is 0.680. The van der Waals surface area contributed by atoms with E-state index in [4.69, 9.17) is 0 Å². The highest BCUT2D eigenvalue weighted by molar-refractivity contribution is 9.10. The maximum Gasteiger partial charge on any atom is 0.141 e. The third kappa shape index (κ3) is 2.70. The molecule has 0 spiro atoms. The number of fused-ring (bicyclic) bond motifs is 6. The first-order valence-electron chi connectivity index (χ1n) is 11.7. The smallest absolute Gasteiger partial charge is 0.141 e. The normalized spacial score (nSPS) is 46.0. The van der Waals surface area contributed by atoms with E-state index in [0.717, 1.165) is 17.3 Å². The number of rotatable bonds is 1. The zero-order chi connectivity index (χ0) is 19.7. The molecule has 0 amide bonds. The number of carbonyl (C=O) groups is 2. The van der Waals surface area contributed by atoms with Crippen LogP contribution in [0, 0.1) is 35.5 Å². The summed E-state index contributed by atoms with van der Waals surface area (Å²) in [6.45, 7) is 0. The molecule has 1 N–H and O–H groups in total. The lowest BCUT2D eigenvalue weighted by molar-refractivity contribution is -0.129. The van der Waals surface area contributed by atoms with Crippen molar-refractivity contribution >= 4 is 27.5 Å². The fourth-order valence-corrected chi connectivity index (χ4v) is 8.51. The van der Waals surface area contributed by atoms with Gasteiger partial charge < -0.3 is 5.32 Å². The van der Waals surface area contributed by atoms with Crippen molar-refractivity contribution < 1.29 is 9.59 Å². The molecule has 1 aromatic carbocycles. The van der Waals surface area contributed by atoms with Gasteiger partial charge in [-0.3, -0.25) is 9.59 Å². The van der Waals surface area contributed by atoms with Crippen LogP contribution in [0.15, 0.2) is 28.7 Å². The van der Waals surface area contributed by atoms with Crippen LogP contribution in [0.25, 0.3) is 0 Å². The van der Waals surface area contributed by atoms with E-state index < -0.39 is 0 Å². The molecule has 0 bridgehead atoms. The number of carbonyl (C=O) groups excluding carboxylic acids is 2. The second-order valence-corrected chi connectivity index (χ2v) is 11.2. The molecule has 5 aliphatic rings. The SMILES string of the molecule is O=C1C2CCCCC2C2NC3C4CCCCC4C(=O)C3C(c3cccc(Br)c3)C12. The maximum atomic E-state index is 13.7. The maximum absolute atomic E-state index is 13.7. The van der Waals surface area contributed by atoms with Crippen molar-refractivity contribution in [3.8, 4) is 0 Å². The first kappa shape index (κ1) is 18.7. The first-order chi connectivity index (χ1) is 14.1. The Morgan fingerprint density at radius 2 is 1.31 bits per heavy atom. The lowest BCUT2D eigenvalue weighted by Gasteiger charge is -2.45. The molecule has 4 saturated carbocycles. The summed E-state index contributed by atoms with van der Waals surface area (Å²) in [4.78, 5) is 27.4. The highest BCUT2D eigenvalue weighted by Crippen LogP contribution is 2.58. The summed E-state index contributed by atoms with van der Waals surface area (Å²) < 4.78 is 1.05. The summed E-state index contributed by atoms with van der Waals surface area (Å²) in [7, 11) is 0. The van der Waals surface area contributed by atoms with Crippen LogP contribution in [0.4, 0.5) is 0 Å². The van der Waals surface area contributed by atoms with Crippen molar-refractivity contribution in [2.75, 3.05) is 0 Å². The minimum Gasteiger partial charge on any atom is -0.309 e. The Labute approximate surface area is 181 Å². The molecular formula is C25H30BrNO2. The number of piperidine rings is 1. The lowest BCUT2D eigenvalue weighted by Crippen LogP contribution is -2.58. The predicted octanol–water partition coefficient (Wildman–Crippen LogP) is 4.88. The fourth-order valence-electron chi connectivity index (χ4n) is 8.10. The largest absolute Gasteiger partial charge is 0.309 e. The van der Waals surface area contributed by atoms with Crippen LogP contribution in [-0.4, -0.2) is 23.7 Å². The highest BCUT2D eigenvalue weighted by atomic mass is 79.9. The van der Waals surface area contributed by atoms with Gasteiger partial charge >= 0.3 is 0 Å². The van der Waals surface area contributed by atoms with Crippen LogP contribution in [0.1, 0.15) is 62.8 Å². The molecule has 0 aromatic heterocycles. The van der Waals surface area contributed by atoms with Crippen LogP contribution in [0.2, 0.25) is 0 Å². The van der Waals surface area contributed by atoms with Crippen LogP contribution in [-0.2, 0) is 9.59 Å². The first-order valence-corrected chi connectivity index (χ1v) is 12.5. The van der Waals surface area contributed by atoms with Crippen LogP contribution >= 0.6 is 15.9 Å². The monoisotopic (exact) mass is 455 g/mol. The number of nitrogens with one attached hydrogen (secondary N) is 1. The molecule has 3 nitrogen and oxygen atoms in total. The Kier molecular flexibility index (Phi) is 4.54. The van der Waals surface area contributed by atoms with Crippen molar-refractivity contribution in [2.45, 2.75) is 69.4 Å². The third-order valence-electron chi connectivity index (χ3n) is 9.12. The minimum absolute atomic E-state index is 0.0252. The molecule has 8 unspecified atom stereocenters. The van der Waals surface area contributed by atoms with Gasteiger partial charge in [0.05, 0.1) is 0 Å². The van der Waals surface area contributed by atoms with Gasteiger partial charge in [0.15, 0.2) is 0 Å². The van der Waals surface area contributed by atoms with Crippen LogP contribution < -0.4 is 5.32 Å². The topological polar surface area (TPSA) is 46.2 Å². The van der Waals surface area contributed by atoms with Crippen LogP contribution in [0.3, 0.4) is 0 Å². The number of benzene rings is 1. The van der Waals surface area contributed by atoms with Gasteiger partial charge in [-0.15, -0.1) is 0 Å². The van der Waals surface area contributed by atoms with E-state index in [0.29, 0.717) is 23.4 Å². The summed E-state index contributed by atoms with van der Waals surface area (Å²) in [6.07, 6.45) is 9.33. The van der Waals surface area contributed by atoms with Crippen LogP contribution in [0.5, 0.6) is 0 Å². The molecular weight excluding hydrogens is 426 g/mol. The van der Waals surface area contributed by atoms with Gasteiger partial charge in [0.25, 0.3) is 0 Å². The molecule has 0 radical (unpaired) electrons. The Balaban J connectivity index is 1.48. The predicted molar refractivity (Wildman–Crippen MR) is 115 cm³/mol. The molecule has 1 aromatic rings. The van der Waals surface area contributed by atoms with Crippen molar-refractivity contribution in [3.05, 3.63) is 34.3 Å². The molecule has 8 atom stereocenters. The Hall–Kier alpha value is -1.000. The standard InChI is InChI=1S/C25H30BrNO2/c26-14-7-5-6-13(12-14)19-20-22(15-8-1-3-10-17(15)24(20)28)27-23-16-9-2-4-11-18(16)25(29)21(19)23/h5-7,12,15-23,27H,1-4,8-11H2. The number of Topliss-reactive ketones (excluding diaryl/α,β-unsaturated/α-hetero) is 2. The second-order valence-electron chi connectivity index (χ2n) is 10.3. The molecule has 29 heavy (non-hydrogen) atoms. The van der Waals surface area contributed by atoms with E-state index in [1.807, 2.05) is 6.07 Å².